The predicted octanol–water partition coefficient (Wildman–Crippen LogP) is 2.93. The summed E-state index contributed by atoms with van der Waals surface area (Å²) in [5.41, 5.74) is 0. The number of halogens is 1. The molecule has 0 spiro atoms. The lowest BCUT2D eigenvalue weighted by Crippen LogP contribution is -1.94. The van der Waals surface area contributed by atoms with Crippen molar-refractivity contribution in [1.82, 2.24) is 0 Å². The van der Waals surface area contributed by atoms with E-state index in [0.29, 0.717) is 12.8 Å². The third kappa shape index (κ3) is 2.70. The van der Waals surface area contributed by atoms with Gasteiger partial charge >= 0.3 is 0 Å². The van der Waals surface area contributed by atoms with Crippen molar-refractivity contribution in [3.05, 3.63) is 24.2 Å². The maximum atomic E-state index is 10.6. The first kappa shape index (κ1) is 9.33. The van der Waals surface area contributed by atoms with Crippen LogP contribution in [0.15, 0.2) is 22.8 Å². The Morgan fingerprint density at radius 1 is 1.75 bits per heavy atom. The summed E-state index contributed by atoms with van der Waals surface area (Å²) < 4.78 is 5.08. The monoisotopic (exact) mass is 186 g/mol. The molecular formula is C9H11ClO2. The van der Waals surface area contributed by atoms with E-state index in [1.807, 2.05) is 6.07 Å². The lowest BCUT2D eigenvalue weighted by molar-refractivity contribution is -0.117. The first-order valence-corrected chi connectivity index (χ1v) is 4.30. The van der Waals surface area contributed by atoms with Crippen LogP contribution in [-0.4, -0.2) is 5.78 Å². The molecule has 2 nitrogen and oxygen atoms in total. The third-order valence-electron chi connectivity index (χ3n) is 1.60. The number of hydrogen-bond acceptors (Lipinski definition) is 2. The molecule has 1 atom stereocenters. The number of carbonyl (C=O) groups excluding carboxylic acids is 1. The maximum absolute atomic E-state index is 10.6. The van der Waals surface area contributed by atoms with Gasteiger partial charge in [0.1, 0.15) is 11.5 Å². The van der Waals surface area contributed by atoms with Gasteiger partial charge in [0.2, 0.25) is 0 Å². The Balaban J connectivity index is 2.39. The summed E-state index contributed by atoms with van der Waals surface area (Å²) in [7, 11) is 0. The highest BCUT2D eigenvalue weighted by atomic mass is 35.5. The molecule has 12 heavy (non-hydrogen) atoms. The van der Waals surface area contributed by atoms with Gasteiger partial charge in [0, 0.05) is 6.42 Å². The first-order chi connectivity index (χ1) is 5.70. The van der Waals surface area contributed by atoms with Crippen LogP contribution in [0.25, 0.3) is 0 Å². The zero-order valence-corrected chi connectivity index (χ0v) is 7.67. The fraction of sp³-hybridized carbons (Fsp3) is 0.444. The van der Waals surface area contributed by atoms with E-state index in [4.69, 9.17) is 16.0 Å². The summed E-state index contributed by atoms with van der Waals surface area (Å²) in [4.78, 5) is 10.6. The fourth-order valence-corrected chi connectivity index (χ4v) is 1.18. The summed E-state index contributed by atoms with van der Waals surface area (Å²) in [6.45, 7) is 1.56. The predicted molar refractivity (Wildman–Crippen MR) is 47.2 cm³/mol. The molecule has 0 saturated carbocycles. The Hall–Kier alpha value is -0.760. The maximum Gasteiger partial charge on any atom is 0.129 e. The van der Waals surface area contributed by atoms with Crippen LogP contribution in [-0.2, 0) is 4.79 Å². The molecule has 0 aliphatic heterocycles. The van der Waals surface area contributed by atoms with Gasteiger partial charge in [-0.15, -0.1) is 11.6 Å². The highest BCUT2D eigenvalue weighted by Crippen LogP contribution is 2.25. The smallest absolute Gasteiger partial charge is 0.129 e. The number of hydrogen-bond donors (Lipinski definition) is 0. The lowest BCUT2D eigenvalue weighted by atomic mass is 10.1. The number of alkyl halides is 1. The molecule has 0 amide bonds. The van der Waals surface area contributed by atoms with Crippen LogP contribution in [0.5, 0.6) is 0 Å². The van der Waals surface area contributed by atoms with Crippen molar-refractivity contribution in [2.75, 3.05) is 0 Å². The zero-order valence-electron chi connectivity index (χ0n) is 6.92. The SMILES string of the molecule is CC(=O)CCC(Cl)c1ccco1. The molecule has 0 N–H and O–H groups in total. The number of furan rings is 1. The van der Waals surface area contributed by atoms with Crippen LogP contribution in [0.2, 0.25) is 0 Å². The number of ketones is 1. The van der Waals surface area contributed by atoms with Crippen LogP contribution in [0.4, 0.5) is 0 Å². The second kappa shape index (κ2) is 4.31. The molecular weight excluding hydrogens is 176 g/mol. The minimum absolute atomic E-state index is 0.159. The fourth-order valence-electron chi connectivity index (χ4n) is 0.942. The van der Waals surface area contributed by atoms with Gasteiger partial charge in [0.15, 0.2) is 0 Å². The Labute approximate surface area is 76.5 Å². The number of carbonyl (C=O) groups is 1. The van der Waals surface area contributed by atoms with Gasteiger partial charge in [0.25, 0.3) is 0 Å². The first-order valence-electron chi connectivity index (χ1n) is 3.87. The molecule has 1 unspecified atom stereocenters. The summed E-state index contributed by atoms with van der Waals surface area (Å²) in [5, 5.41) is -0.177. The molecule has 0 aliphatic carbocycles. The van der Waals surface area contributed by atoms with E-state index < -0.39 is 0 Å². The van der Waals surface area contributed by atoms with E-state index in [-0.39, 0.29) is 11.2 Å². The van der Waals surface area contributed by atoms with Gasteiger partial charge in [-0.2, -0.15) is 0 Å². The van der Waals surface area contributed by atoms with E-state index in [1.54, 1.807) is 19.3 Å². The summed E-state index contributed by atoms with van der Waals surface area (Å²) in [5.74, 6) is 0.894. The van der Waals surface area contributed by atoms with Gasteiger partial charge in [0.05, 0.1) is 11.6 Å². The molecule has 1 heterocycles. The zero-order chi connectivity index (χ0) is 8.97. The second-order valence-electron chi connectivity index (χ2n) is 2.72. The van der Waals surface area contributed by atoms with Gasteiger partial charge in [-0.1, -0.05) is 0 Å². The summed E-state index contributed by atoms with van der Waals surface area (Å²) in [6.07, 6.45) is 2.73. The largest absolute Gasteiger partial charge is 0.468 e. The molecule has 1 aromatic heterocycles. The van der Waals surface area contributed by atoms with Gasteiger partial charge in [-0.25, -0.2) is 0 Å². The molecule has 0 saturated heterocycles. The van der Waals surface area contributed by atoms with Crippen LogP contribution in [0.3, 0.4) is 0 Å². The topological polar surface area (TPSA) is 30.2 Å². The standard InChI is InChI=1S/C9H11ClO2/c1-7(11)4-5-8(10)9-3-2-6-12-9/h2-3,6,8H,4-5H2,1H3. The molecule has 1 aromatic rings. The summed E-state index contributed by atoms with van der Waals surface area (Å²) in [6, 6.07) is 3.61. The third-order valence-corrected chi connectivity index (χ3v) is 2.04. The molecule has 3 heteroatoms. The molecule has 0 aromatic carbocycles. The molecule has 0 fully saturated rings. The van der Waals surface area contributed by atoms with Crippen molar-refractivity contribution >= 4 is 17.4 Å². The molecule has 0 radical (unpaired) electrons. The normalized spacial score (nSPS) is 12.8. The highest BCUT2D eigenvalue weighted by molar-refractivity contribution is 6.20. The average molecular weight is 187 g/mol. The Morgan fingerprint density at radius 3 is 3.00 bits per heavy atom. The van der Waals surface area contributed by atoms with Crippen molar-refractivity contribution in [2.24, 2.45) is 0 Å². The Kier molecular flexibility index (Phi) is 3.35. The Bertz CT molecular complexity index is 241. The molecule has 0 bridgehead atoms. The van der Waals surface area contributed by atoms with Crippen molar-refractivity contribution in [1.29, 1.82) is 0 Å². The van der Waals surface area contributed by atoms with Crippen LogP contribution < -0.4 is 0 Å². The van der Waals surface area contributed by atoms with Crippen molar-refractivity contribution in [2.45, 2.75) is 25.1 Å². The average Bonchev–Trinajstić information content (AvgIpc) is 2.51. The number of Topliss-reactive ketones (excluding diaryl/α,β-unsaturated/α-hetero) is 1. The highest BCUT2D eigenvalue weighted by Gasteiger charge is 2.10. The van der Waals surface area contributed by atoms with Crippen molar-refractivity contribution < 1.29 is 9.21 Å². The minimum Gasteiger partial charge on any atom is -0.468 e. The van der Waals surface area contributed by atoms with Crippen LogP contribution in [0.1, 0.15) is 30.9 Å². The van der Waals surface area contributed by atoms with Gasteiger partial charge in [-0.05, 0) is 25.5 Å². The van der Waals surface area contributed by atoms with Crippen molar-refractivity contribution in [3.63, 3.8) is 0 Å². The van der Waals surface area contributed by atoms with Crippen LogP contribution >= 0.6 is 11.6 Å². The molecule has 0 aliphatic rings. The molecule has 66 valence electrons. The van der Waals surface area contributed by atoms with Crippen LogP contribution in [0, 0.1) is 0 Å². The number of rotatable bonds is 4. The van der Waals surface area contributed by atoms with E-state index in [2.05, 4.69) is 0 Å². The van der Waals surface area contributed by atoms with Gasteiger partial charge in [-0.3, -0.25) is 0 Å². The quantitative estimate of drug-likeness (QED) is 0.677. The van der Waals surface area contributed by atoms with E-state index in [9.17, 15) is 4.79 Å². The lowest BCUT2D eigenvalue weighted by Gasteiger charge is -2.03. The van der Waals surface area contributed by atoms with E-state index in [1.165, 1.54) is 0 Å². The van der Waals surface area contributed by atoms with E-state index >= 15 is 0 Å². The van der Waals surface area contributed by atoms with E-state index in [0.717, 1.165) is 5.76 Å². The van der Waals surface area contributed by atoms with Crippen molar-refractivity contribution in [3.8, 4) is 0 Å². The second-order valence-corrected chi connectivity index (χ2v) is 3.25. The molecule has 1 rings (SSSR count). The Morgan fingerprint density at radius 2 is 2.50 bits per heavy atom. The summed E-state index contributed by atoms with van der Waals surface area (Å²) >= 11 is 5.95. The minimum atomic E-state index is -0.177. The van der Waals surface area contributed by atoms with Gasteiger partial charge < -0.3 is 9.21 Å².